The average Bonchev–Trinajstić information content (AvgIpc) is 2.69. The maximum atomic E-state index is 12.0. The fourth-order valence-corrected chi connectivity index (χ4v) is 2.48. The van der Waals surface area contributed by atoms with Gasteiger partial charge in [0.25, 0.3) is 11.6 Å². The minimum absolute atomic E-state index is 0.0667. The molecule has 0 aliphatic rings. The lowest BCUT2D eigenvalue weighted by Gasteiger charge is -2.20. The van der Waals surface area contributed by atoms with Crippen LogP contribution in [0.5, 0.6) is 11.5 Å². The molecule has 9 heteroatoms. The summed E-state index contributed by atoms with van der Waals surface area (Å²) >= 11 is 0. The van der Waals surface area contributed by atoms with Gasteiger partial charge in [-0.1, -0.05) is 12.1 Å². The number of carbonyl (C=O) groups is 1. The molecule has 0 heterocycles. The summed E-state index contributed by atoms with van der Waals surface area (Å²) in [5.41, 5.74) is 3.59. The van der Waals surface area contributed by atoms with E-state index in [-0.39, 0.29) is 17.3 Å². The Balaban J connectivity index is 2.16. The van der Waals surface area contributed by atoms with Crippen molar-refractivity contribution in [2.24, 2.45) is 5.10 Å². The number of para-hydroxylation sites is 2. The number of amides is 1. The predicted octanol–water partition coefficient (Wildman–Crippen LogP) is 3.30. The SMILES string of the molecule is CCOc1cc(/C=N\Nc2ccccc2[N+](=O)[O-])ccc1O[C@H](C)C(=O)N(C)C. The lowest BCUT2D eigenvalue weighted by molar-refractivity contribution is -0.384. The highest BCUT2D eigenvalue weighted by Gasteiger charge is 2.18. The summed E-state index contributed by atoms with van der Waals surface area (Å²) in [6, 6.07) is 11.4. The Hall–Kier alpha value is -3.62. The van der Waals surface area contributed by atoms with Gasteiger partial charge in [-0.05, 0) is 43.7 Å². The van der Waals surface area contributed by atoms with Crippen LogP contribution in [-0.2, 0) is 4.79 Å². The standard InChI is InChI=1S/C20H24N4O5/c1-5-28-19-12-15(10-11-18(19)29-14(2)20(25)23(3)4)13-21-22-16-8-6-7-9-17(16)24(26)27/h6-14,22H,5H2,1-4H3/b21-13-/t14-/m1/s1. The van der Waals surface area contributed by atoms with Gasteiger partial charge in [0.05, 0.1) is 17.7 Å². The number of carbonyl (C=O) groups excluding carboxylic acids is 1. The fourth-order valence-electron chi connectivity index (χ4n) is 2.48. The smallest absolute Gasteiger partial charge is 0.294 e. The molecule has 0 bridgehead atoms. The number of benzene rings is 2. The average molecular weight is 400 g/mol. The number of nitro benzene ring substituents is 1. The van der Waals surface area contributed by atoms with E-state index >= 15 is 0 Å². The van der Waals surface area contributed by atoms with Crippen molar-refractivity contribution in [1.82, 2.24) is 4.90 Å². The molecule has 1 N–H and O–H groups in total. The molecule has 154 valence electrons. The molecular weight excluding hydrogens is 376 g/mol. The molecule has 1 amide bonds. The lowest BCUT2D eigenvalue weighted by Crippen LogP contribution is -2.35. The van der Waals surface area contributed by atoms with Gasteiger partial charge >= 0.3 is 0 Å². The van der Waals surface area contributed by atoms with Crippen molar-refractivity contribution in [1.29, 1.82) is 0 Å². The molecule has 9 nitrogen and oxygen atoms in total. The third-order valence-electron chi connectivity index (χ3n) is 3.86. The van der Waals surface area contributed by atoms with Crippen molar-refractivity contribution < 1.29 is 19.2 Å². The highest BCUT2D eigenvalue weighted by Crippen LogP contribution is 2.29. The van der Waals surface area contributed by atoms with Crippen molar-refractivity contribution in [3.05, 3.63) is 58.1 Å². The van der Waals surface area contributed by atoms with E-state index in [1.165, 1.54) is 17.2 Å². The molecule has 0 saturated carbocycles. The molecule has 0 unspecified atom stereocenters. The Bertz CT molecular complexity index is 898. The number of anilines is 1. The first-order chi connectivity index (χ1) is 13.8. The zero-order chi connectivity index (χ0) is 21.4. The summed E-state index contributed by atoms with van der Waals surface area (Å²) in [4.78, 5) is 24.0. The van der Waals surface area contributed by atoms with Gasteiger partial charge in [0, 0.05) is 20.2 Å². The molecule has 0 radical (unpaired) electrons. The van der Waals surface area contributed by atoms with Crippen LogP contribution in [0.4, 0.5) is 11.4 Å². The molecule has 0 aromatic heterocycles. The van der Waals surface area contributed by atoms with E-state index < -0.39 is 11.0 Å². The summed E-state index contributed by atoms with van der Waals surface area (Å²) in [5, 5.41) is 15.1. The molecular formula is C20H24N4O5. The second-order valence-electron chi connectivity index (χ2n) is 6.28. The number of nitrogens with one attached hydrogen (secondary N) is 1. The molecule has 2 aromatic rings. The van der Waals surface area contributed by atoms with Gasteiger partial charge in [-0.3, -0.25) is 20.3 Å². The van der Waals surface area contributed by atoms with Crippen molar-refractivity contribution in [2.75, 3.05) is 26.1 Å². The van der Waals surface area contributed by atoms with E-state index in [0.29, 0.717) is 23.7 Å². The van der Waals surface area contributed by atoms with Gasteiger partial charge in [0.15, 0.2) is 17.6 Å². The molecule has 0 fully saturated rings. The lowest BCUT2D eigenvalue weighted by atomic mass is 10.2. The molecule has 0 aliphatic carbocycles. The summed E-state index contributed by atoms with van der Waals surface area (Å²) in [6.45, 7) is 3.93. The second-order valence-corrected chi connectivity index (χ2v) is 6.28. The minimum Gasteiger partial charge on any atom is -0.490 e. The van der Waals surface area contributed by atoms with E-state index in [1.807, 2.05) is 6.92 Å². The highest BCUT2D eigenvalue weighted by molar-refractivity contribution is 5.82. The van der Waals surface area contributed by atoms with Crippen LogP contribution >= 0.6 is 0 Å². The van der Waals surface area contributed by atoms with Crippen molar-refractivity contribution in [3.63, 3.8) is 0 Å². The number of likely N-dealkylation sites (N-methyl/N-ethyl adjacent to an activating group) is 1. The Morgan fingerprint density at radius 3 is 2.66 bits per heavy atom. The molecule has 2 aromatic carbocycles. The van der Waals surface area contributed by atoms with Crippen LogP contribution in [0.25, 0.3) is 0 Å². The van der Waals surface area contributed by atoms with Crippen LogP contribution in [0.2, 0.25) is 0 Å². The Morgan fingerprint density at radius 2 is 2.00 bits per heavy atom. The van der Waals surface area contributed by atoms with E-state index in [2.05, 4.69) is 10.5 Å². The van der Waals surface area contributed by atoms with Crippen LogP contribution in [0.15, 0.2) is 47.6 Å². The van der Waals surface area contributed by atoms with Crippen molar-refractivity contribution in [2.45, 2.75) is 20.0 Å². The normalized spacial score (nSPS) is 11.7. The van der Waals surface area contributed by atoms with Gasteiger partial charge < -0.3 is 14.4 Å². The second kappa shape index (κ2) is 10.1. The van der Waals surface area contributed by atoms with Crippen LogP contribution in [0, 0.1) is 10.1 Å². The molecule has 0 aliphatic heterocycles. The molecule has 29 heavy (non-hydrogen) atoms. The number of nitro groups is 1. The first kappa shape index (κ1) is 21.7. The molecule has 2 rings (SSSR count). The maximum absolute atomic E-state index is 12.0. The number of ether oxygens (including phenoxy) is 2. The first-order valence-corrected chi connectivity index (χ1v) is 9.00. The van der Waals surface area contributed by atoms with Crippen LogP contribution in [0.1, 0.15) is 19.4 Å². The number of hydrazone groups is 1. The molecule has 1 atom stereocenters. The maximum Gasteiger partial charge on any atom is 0.294 e. The van der Waals surface area contributed by atoms with Gasteiger partial charge in [-0.2, -0.15) is 5.10 Å². The van der Waals surface area contributed by atoms with E-state index in [0.717, 1.165) is 0 Å². The number of nitrogens with zero attached hydrogens (tertiary/aromatic N) is 3. The quantitative estimate of drug-likeness (QED) is 0.393. The molecule has 0 spiro atoms. The number of hydrogen-bond donors (Lipinski definition) is 1. The summed E-state index contributed by atoms with van der Waals surface area (Å²) < 4.78 is 11.4. The van der Waals surface area contributed by atoms with Gasteiger partial charge in [0.1, 0.15) is 5.69 Å². The van der Waals surface area contributed by atoms with Gasteiger partial charge in [0.2, 0.25) is 0 Å². The third-order valence-corrected chi connectivity index (χ3v) is 3.86. The Kier molecular flexibility index (Phi) is 7.53. The fraction of sp³-hybridized carbons (Fsp3) is 0.300. The van der Waals surface area contributed by atoms with Crippen LogP contribution in [0.3, 0.4) is 0 Å². The van der Waals surface area contributed by atoms with E-state index in [1.54, 1.807) is 57.4 Å². The zero-order valence-electron chi connectivity index (χ0n) is 16.8. The van der Waals surface area contributed by atoms with Gasteiger partial charge in [-0.15, -0.1) is 0 Å². The van der Waals surface area contributed by atoms with Crippen LogP contribution < -0.4 is 14.9 Å². The number of hydrogen-bond acceptors (Lipinski definition) is 7. The van der Waals surface area contributed by atoms with E-state index in [9.17, 15) is 14.9 Å². The van der Waals surface area contributed by atoms with E-state index in [4.69, 9.17) is 9.47 Å². The zero-order valence-corrected chi connectivity index (χ0v) is 16.8. The van der Waals surface area contributed by atoms with Crippen LogP contribution in [-0.4, -0.2) is 48.8 Å². The Morgan fingerprint density at radius 1 is 1.28 bits per heavy atom. The first-order valence-electron chi connectivity index (χ1n) is 9.00. The minimum atomic E-state index is -0.663. The van der Waals surface area contributed by atoms with Crippen molar-refractivity contribution in [3.8, 4) is 11.5 Å². The predicted molar refractivity (Wildman–Crippen MR) is 111 cm³/mol. The molecule has 0 saturated heterocycles. The monoisotopic (exact) mass is 400 g/mol. The van der Waals surface area contributed by atoms with Gasteiger partial charge in [-0.25, -0.2) is 0 Å². The summed E-state index contributed by atoms with van der Waals surface area (Å²) in [5.74, 6) is 0.755. The summed E-state index contributed by atoms with van der Waals surface area (Å²) in [7, 11) is 3.32. The topological polar surface area (TPSA) is 106 Å². The summed E-state index contributed by atoms with van der Waals surface area (Å²) in [6.07, 6.45) is 0.848. The highest BCUT2D eigenvalue weighted by atomic mass is 16.6. The van der Waals surface area contributed by atoms with Crippen molar-refractivity contribution >= 4 is 23.5 Å². The number of rotatable bonds is 9. The largest absolute Gasteiger partial charge is 0.490 e. The third kappa shape index (κ3) is 5.93. The Labute approximate surface area is 169 Å².